The smallest absolute Gasteiger partial charge is 0.171 e. The molecule has 0 aliphatic carbocycles. The van der Waals surface area contributed by atoms with Crippen LogP contribution in [0.25, 0.3) is 0 Å². The summed E-state index contributed by atoms with van der Waals surface area (Å²) < 4.78 is 5.60. The Bertz CT molecular complexity index is 328. The number of pyridine rings is 1. The van der Waals surface area contributed by atoms with Crippen LogP contribution < -0.4 is 15.4 Å². The van der Waals surface area contributed by atoms with Crippen molar-refractivity contribution in [3.63, 3.8) is 0 Å². The van der Waals surface area contributed by atoms with E-state index in [-0.39, 0.29) is 0 Å². The van der Waals surface area contributed by atoms with E-state index in [1.54, 1.807) is 6.20 Å². The Morgan fingerprint density at radius 1 is 1.47 bits per heavy atom. The van der Waals surface area contributed by atoms with Crippen molar-refractivity contribution in [2.75, 3.05) is 31.1 Å². The first-order valence-corrected chi connectivity index (χ1v) is 6.21. The topological polar surface area (TPSA) is 51.4 Å². The molecule has 0 atom stereocenters. The molecule has 0 unspecified atom stereocenters. The predicted molar refractivity (Wildman–Crippen MR) is 71.5 cm³/mol. The molecule has 4 heteroatoms. The van der Waals surface area contributed by atoms with Gasteiger partial charge in [0.2, 0.25) is 0 Å². The lowest BCUT2D eigenvalue weighted by Crippen LogP contribution is -2.33. The number of anilines is 1. The Kier molecular flexibility index (Phi) is 5.77. The fourth-order valence-corrected chi connectivity index (χ4v) is 1.77. The van der Waals surface area contributed by atoms with Gasteiger partial charge in [-0.3, -0.25) is 0 Å². The molecule has 0 saturated carbocycles. The second-order valence-electron chi connectivity index (χ2n) is 4.39. The van der Waals surface area contributed by atoms with Gasteiger partial charge in [-0.1, -0.05) is 13.8 Å². The maximum Gasteiger partial charge on any atom is 0.171 e. The first-order chi connectivity index (χ1) is 8.19. The van der Waals surface area contributed by atoms with Gasteiger partial charge in [0.15, 0.2) is 11.6 Å². The number of nitrogens with zero attached hydrogens (tertiary/aromatic N) is 2. The van der Waals surface area contributed by atoms with Crippen LogP contribution in [0.1, 0.15) is 20.8 Å². The van der Waals surface area contributed by atoms with Gasteiger partial charge in [-0.15, -0.1) is 0 Å². The van der Waals surface area contributed by atoms with E-state index >= 15 is 0 Å². The lowest BCUT2D eigenvalue weighted by Gasteiger charge is -2.26. The fraction of sp³-hybridized carbons (Fsp3) is 0.615. The third kappa shape index (κ3) is 4.23. The molecule has 1 heterocycles. The van der Waals surface area contributed by atoms with E-state index in [0.717, 1.165) is 24.7 Å². The van der Waals surface area contributed by atoms with Crippen molar-refractivity contribution in [3.8, 4) is 5.75 Å². The van der Waals surface area contributed by atoms with Crippen LogP contribution in [-0.4, -0.2) is 31.2 Å². The molecule has 4 nitrogen and oxygen atoms in total. The first kappa shape index (κ1) is 13.8. The molecule has 0 fully saturated rings. The third-order valence-corrected chi connectivity index (χ3v) is 2.33. The van der Waals surface area contributed by atoms with Crippen LogP contribution in [0, 0.1) is 5.92 Å². The average molecular weight is 237 g/mol. The van der Waals surface area contributed by atoms with Crippen LogP contribution in [0.4, 0.5) is 5.82 Å². The minimum Gasteiger partial charge on any atom is -0.490 e. The standard InChI is InChI=1S/C13H23N3O/c1-4-17-12-6-5-8-15-13(12)16(9-7-14)10-11(2)3/h5-6,8,11H,4,7,9-10,14H2,1-3H3. The normalized spacial score (nSPS) is 10.6. The number of hydrogen-bond donors (Lipinski definition) is 1. The van der Waals surface area contributed by atoms with Crippen LogP contribution >= 0.6 is 0 Å². The molecule has 0 aliphatic rings. The van der Waals surface area contributed by atoms with E-state index in [0.29, 0.717) is 19.1 Å². The van der Waals surface area contributed by atoms with Crippen molar-refractivity contribution in [3.05, 3.63) is 18.3 Å². The maximum atomic E-state index is 5.66. The van der Waals surface area contributed by atoms with Crippen molar-refractivity contribution in [1.29, 1.82) is 0 Å². The fourth-order valence-electron chi connectivity index (χ4n) is 1.77. The third-order valence-electron chi connectivity index (χ3n) is 2.33. The van der Waals surface area contributed by atoms with Gasteiger partial charge in [0, 0.05) is 25.8 Å². The van der Waals surface area contributed by atoms with Crippen LogP contribution in [-0.2, 0) is 0 Å². The number of hydrogen-bond acceptors (Lipinski definition) is 4. The summed E-state index contributed by atoms with van der Waals surface area (Å²) in [5.41, 5.74) is 5.66. The average Bonchev–Trinajstić information content (AvgIpc) is 2.29. The molecule has 0 aromatic carbocycles. The maximum absolute atomic E-state index is 5.66. The molecule has 2 N–H and O–H groups in total. The Labute approximate surface area is 104 Å². The SMILES string of the molecule is CCOc1cccnc1N(CCN)CC(C)C. The molecule has 1 aromatic rings. The summed E-state index contributed by atoms with van der Waals surface area (Å²) in [6.45, 7) is 9.36. The molecule has 17 heavy (non-hydrogen) atoms. The largest absolute Gasteiger partial charge is 0.490 e. The van der Waals surface area contributed by atoms with Crippen molar-refractivity contribution in [2.45, 2.75) is 20.8 Å². The van der Waals surface area contributed by atoms with Gasteiger partial charge in [0.25, 0.3) is 0 Å². The van der Waals surface area contributed by atoms with E-state index < -0.39 is 0 Å². The molecule has 96 valence electrons. The highest BCUT2D eigenvalue weighted by atomic mass is 16.5. The molecule has 1 aromatic heterocycles. The minimum absolute atomic E-state index is 0.568. The van der Waals surface area contributed by atoms with Crippen molar-refractivity contribution in [1.82, 2.24) is 4.98 Å². The number of ether oxygens (including phenoxy) is 1. The summed E-state index contributed by atoms with van der Waals surface area (Å²) >= 11 is 0. The van der Waals surface area contributed by atoms with E-state index in [1.807, 2.05) is 19.1 Å². The Morgan fingerprint density at radius 3 is 2.82 bits per heavy atom. The van der Waals surface area contributed by atoms with Crippen LogP contribution in [0.5, 0.6) is 5.75 Å². The highest BCUT2D eigenvalue weighted by Crippen LogP contribution is 2.25. The summed E-state index contributed by atoms with van der Waals surface area (Å²) in [6, 6.07) is 3.85. The molecule has 0 amide bonds. The molecular formula is C13H23N3O. The van der Waals surface area contributed by atoms with Crippen LogP contribution in [0.15, 0.2) is 18.3 Å². The molecule has 0 saturated heterocycles. The summed E-state index contributed by atoms with van der Waals surface area (Å²) in [7, 11) is 0. The zero-order valence-electron chi connectivity index (χ0n) is 11.0. The summed E-state index contributed by atoms with van der Waals surface area (Å²) in [4.78, 5) is 6.60. The van der Waals surface area contributed by atoms with Gasteiger partial charge in [0.1, 0.15) is 0 Å². The van der Waals surface area contributed by atoms with Gasteiger partial charge in [-0.25, -0.2) is 4.98 Å². The van der Waals surface area contributed by atoms with Crippen LogP contribution in [0.3, 0.4) is 0 Å². The van der Waals surface area contributed by atoms with E-state index in [4.69, 9.17) is 10.5 Å². The van der Waals surface area contributed by atoms with Crippen molar-refractivity contribution in [2.24, 2.45) is 11.7 Å². The predicted octanol–water partition coefficient (Wildman–Crippen LogP) is 1.90. The molecule has 1 rings (SSSR count). The quantitative estimate of drug-likeness (QED) is 0.787. The number of nitrogens with two attached hydrogens (primary N) is 1. The van der Waals surface area contributed by atoms with Gasteiger partial charge in [-0.2, -0.15) is 0 Å². The van der Waals surface area contributed by atoms with E-state index in [2.05, 4.69) is 23.7 Å². The van der Waals surface area contributed by atoms with Gasteiger partial charge in [-0.05, 0) is 25.0 Å². The van der Waals surface area contributed by atoms with E-state index in [9.17, 15) is 0 Å². The highest BCUT2D eigenvalue weighted by molar-refractivity contribution is 5.52. The van der Waals surface area contributed by atoms with Crippen molar-refractivity contribution >= 4 is 5.82 Å². The molecule has 0 radical (unpaired) electrons. The Morgan fingerprint density at radius 2 is 2.24 bits per heavy atom. The zero-order chi connectivity index (χ0) is 12.7. The number of aromatic nitrogens is 1. The van der Waals surface area contributed by atoms with Crippen LogP contribution in [0.2, 0.25) is 0 Å². The highest BCUT2D eigenvalue weighted by Gasteiger charge is 2.13. The monoisotopic (exact) mass is 237 g/mol. The Hall–Kier alpha value is -1.29. The molecular weight excluding hydrogens is 214 g/mol. The van der Waals surface area contributed by atoms with Gasteiger partial charge < -0.3 is 15.4 Å². The van der Waals surface area contributed by atoms with Crippen molar-refractivity contribution < 1.29 is 4.74 Å². The second kappa shape index (κ2) is 7.12. The second-order valence-corrected chi connectivity index (χ2v) is 4.39. The number of rotatable bonds is 7. The lowest BCUT2D eigenvalue weighted by atomic mass is 10.2. The summed E-state index contributed by atoms with van der Waals surface area (Å²) in [5, 5.41) is 0. The summed E-state index contributed by atoms with van der Waals surface area (Å²) in [6.07, 6.45) is 1.79. The molecule has 0 bridgehead atoms. The molecule has 0 aliphatic heterocycles. The van der Waals surface area contributed by atoms with E-state index in [1.165, 1.54) is 0 Å². The van der Waals surface area contributed by atoms with Gasteiger partial charge in [0.05, 0.1) is 6.61 Å². The zero-order valence-corrected chi connectivity index (χ0v) is 11.0. The lowest BCUT2D eigenvalue weighted by molar-refractivity contribution is 0.338. The van der Waals surface area contributed by atoms with Gasteiger partial charge >= 0.3 is 0 Å². The minimum atomic E-state index is 0.568. The first-order valence-electron chi connectivity index (χ1n) is 6.21. The molecule has 0 spiro atoms. The Balaban J connectivity index is 2.91. The summed E-state index contributed by atoms with van der Waals surface area (Å²) in [5.74, 6) is 2.30.